The van der Waals surface area contributed by atoms with Crippen LogP contribution < -0.4 is 0 Å². The zero-order chi connectivity index (χ0) is 9.61. The Morgan fingerprint density at radius 3 is 2.42 bits per heavy atom. The van der Waals surface area contributed by atoms with Crippen LogP contribution in [-0.4, -0.2) is 23.2 Å². The molecule has 0 spiro atoms. The summed E-state index contributed by atoms with van der Waals surface area (Å²) in [6.07, 6.45) is 5.39. The molecule has 0 aliphatic carbocycles. The molecule has 0 amide bonds. The first kappa shape index (κ1) is 12.3. The molecule has 0 heterocycles. The maximum absolute atomic E-state index is 9.24. The van der Waals surface area contributed by atoms with Gasteiger partial charge in [-0.15, -0.1) is 0 Å². The quantitative estimate of drug-likeness (QED) is 0.650. The summed E-state index contributed by atoms with van der Waals surface area (Å²) in [5, 5.41) is 9.24. The third-order valence-corrected chi connectivity index (χ3v) is 2.75. The lowest BCUT2D eigenvalue weighted by Crippen LogP contribution is -2.18. The largest absolute Gasteiger partial charge is 0.393 e. The second kappa shape index (κ2) is 5.87. The second-order valence-corrected chi connectivity index (χ2v) is 5.30. The van der Waals surface area contributed by atoms with E-state index in [1.807, 2.05) is 18.7 Å². The smallest absolute Gasteiger partial charge is 0.0517 e. The zero-order valence-electron chi connectivity index (χ0n) is 8.76. The summed E-state index contributed by atoms with van der Waals surface area (Å²) in [4.78, 5) is 0. The van der Waals surface area contributed by atoms with E-state index in [1.54, 1.807) is 0 Å². The number of hydrogen-bond donors (Lipinski definition) is 1. The summed E-state index contributed by atoms with van der Waals surface area (Å²) in [5.74, 6) is 1.24. The molecule has 0 aromatic carbocycles. The minimum atomic E-state index is -0.158. The molecule has 0 aliphatic heterocycles. The van der Waals surface area contributed by atoms with Gasteiger partial charge >= 0.3 is 0 Å². The lowest BCUT2D eigenvalue weighted by atomic mass is 9.83. The van der Waals surface area contributed by atoms with Crippen LogP contribution in [0.2, 0.25) is 0 Å². The highest BCUT2D eigenvalue weighted by atomic mass is 32.2. The van der Waals surface area contributed by atoms with Gasteiger partial charge in [0.1, 0.15) is 0 Å². The Balaban J connectivity index is 3.56. The Morgan fingerprint density at radius 1 is 1.42 bits per heavy atom. The number of aliphatic hydroxyl groups excluding tert-OH is 1. The first-order chi connectivity index (χ1) is 5.48. The zero-order valence-corrected chi connectivity index (χ0v) is 9.58. The summed E-state index contributed by atoms with van der Waals surface area (Å²) in [7, 11) is 0. The van der Waals surface area contributed by atoms with Crippen LogP contribution in [0, 0.1) is 5.41 Å². The van der Waals surface area contributed by atoms with Crippen LogP contribution in [0.3, 0.4) is 0 Å². The Kier molecular flexibility index (Phi) is 6.02. The number of hydrogen-bond acceptors (Lipinski definition) is 2. The third-order valence-electron chi connectivity index (χ3n) is 2.05. The number of thioether (sulfide) groups is 1. The summed E-state index contributed by atoms with van der Waals surface area (Å²) < 4.78 is 0. The van der Waals surface area contributed by atoms with Crippen LogP contribution in [0.5, 0.6) is 0 Å². The van der Waals surface area contributed by atoms with Gasteiger partial charge in [-0.1, -0.05) is 13.8 Å². The van der Waals surface area contributed by atoms with E-state index < -0.39 is 0 Å². The molecule has 0 aromatic heterocycles. The maximum atomic E-state index is 9.24. The fourth-order valence-electron chi connectivity index (χ4n) is 1.60. The molecule has 1 nitrogen and oxygen atoms in total. The van der Waals surface area contributed by atoms with Crippen molar-refractivity contribution in [1.29, 1.82) is 0 Å². The summed E-state index contributed by atoms with van der Waals surface area (Å²) in [6.45, 7) is 6.34. The minimum Gasteiger partial charge on any atom is -0.393 e. The standard InChI is InChI=1S/C10H22OS/c1-9(11)8-10(2,3)6-5-7-12-4/h9,11H,5-8H2,1-4H3. The van der Waals surface area contributed by atoms with Crippen molar-refractivity contribution < 1.29 is 5.11 Å². The SMILES string of the molecule is CSCCCC(C)(C)CC(C)O. The molecular formula is C10H22OS. The van der Waals surface area contributed by atoms with Gasteiger partial charge in [0, 0.05) is 0 Å². The van der Waals surface area contributed by atoms with Gasteiger partial charge in [0.25, 0.3) is 0 Å². The number of aliphatic hydroxyl groups is 1. The molecule has 0 saturated heterocycles. The van der Waals surface area contributed by atoms with E-state index >= 15 is 0 Å². The first-order valence-electron chi connectivity index (χ1n) is 4.65. The van der Waals surface area contributed by atoms with Crippen molar-refractivity contribution in [3.8, 4) is 0 Å². The molecule has 12 heavy (non-hydrogen) atoms. The van der Waals surface area contributed by atoms with Crippen molar-refractivity contribution in [2.24, 2.45) is 5.41 Å². The highest BCUT2D eigenvalue weighted by Gasteiger charge is 2.19. The molecular weight excluding hydrogens is 168 g/mol. The highest BCUT2D eigenvalue weighted by Crippen LogP contribution is 2.28. The van der Waals surface area contributed by atoms with E-state index in [2.05, 4.69) is 20.1 Å². The topological polar surface area (TPSA) is 20.2 Å². The first-order valence-corrected chi connectivity index (χ1v) is 6.04. The summed E-state index contributed by atoms with van der Waals surface area (Å²) >= 11 is 1.90. The molecule has 0 aliphatic rings. The van der Waals surface area contributed by atoms with E-state index in [-0.39, 0.29) is 6.10 Å². The van der Waals surface area contributed by atoms with Crippen molar-refractivity contribution in [2.45, 2.75) is 46.1 Å². The van der Waals surface area contributed by atoms with Gasteiger partial charge in [-0.2, -0.15) is 11.8 Å². The molecule has 0 saturated carbocycles. The van der Waals surface area contributed by atoms with E-state index in [0.717, 1.165) is 6.42 Å². The van der Waals surface area contributed by atoms with Gasteiger partial charge in [0.05, 0.1) is 6.10 Å². The molecule has 1 atom stereocenters. The Morgan fingerprint density at radius 2 is 2.00 bits per heavy atom. The second-order valence-electron chi connectivity index (χ2n) is 4.31. The minimum absolute atomic E-state index is 0.158. The van der Waals surface area contributed by atoms with Crippen LogP contribution in [0.4, 0.5) is 0 Å². The van der Waals surface area contributed by atoms with Crippen LogP contribution in [0.1, 0.15) is 40.0 Å². The molecule has 0 rings (SSSR count). The molecule has 1 N–H and O–H groups in total. The lowest BCUT2D eigenvalue weighted by molar-refractivity contribution is 0.124. The van der Waals surface area contributed by atoms with Gasteiger partial charge in [-0.05, 0) is 43.6 Å². The van der Waals surface area contributed by atoms with Gasteiger partial charge in [-0.25, -0.2) is 0 Å². The average molecular weight is 190 g/mol. The van der Waals surface area contributed by atoms with Gasteiger partial charge in [0.15, 0.2) is 0 Å². The van der Waals surface area contributed by atoms with E-state index in [0.29, 0.717) is 5.41 Å². The van der Waals surface area contributed by atoms with E-state index in [1.165, 1.54) is 18.6 Å². The summed E-state index contributed by atoms with van der Waals surface area (Å²) in [6, 6.07) is 0. The van der Waals surface area contributed by atoms with E-state index in [9.17, 15) is 5.11 Å². The van der Waals surface area contributed by atoms with Crippen LogP contribution in [0.15, 0.2) is 0 Å². The molecule has 1 unspecified atom stereocenters. The highest BCUT2D eigenvalue weighted by molar-refractivity contribution is 7.98. The van der Waals surface area contributed by atoms with Crippen LogP contribution >= 0.6 is 11.8 Å². The lowest BCUT2D eigenvalue weighted by Gasteiger charge is -2.25. The fourth-order valence-corrected chi connectivity index (χ4v) is 2.03. The predicted molar refractivity (Wildman–Crippen MR) is 57.7 cm³/mol. The van der Waals surface area contributed by atoms with Gasteiger partial charge in [-0.3, -0.25) is 0 Å². The van der Waals surface area contributed by atoms with Gasteiger partial charge < -0.3 is 5.11 Å². The maximum Gasteiger partial charge on any atom is 0.0517 e. The monoisotopic (exact) mass is 190 g/mol. The van der Waals surface area contributed by atoms with Crippen LogP contribution in [0.25, 0.3) is 0 Å². The van der Waals surface area contributed by atoms with Gasteiger partial charge in [0.2, 0.25) is 0 Å². The van der Waals surface area contributed by atoms with Crippen molar-refractivity contribution in [3.05, 3.63) is 0 Å². The number of rotatable bonds is 6. The molecule has 0 fully saturated rings. The Hall–Kier alpha value is 0.310. The molecule has 0 aromatic rings. The molecule has 0 bridgehead atoms. The molecule has 74 valence electrons. The Bertz CT molecular complexity index is 110. The van der Waals surface area contributed by atoms with Crippen LogP contribution in [-0.2, 0) is 0 Å². The normalized spacial score (nSPS) is 14.8. The average Bonchev–Trinajstić information content (AvgIpc) is 1.84. The van der Waals surface area contributed by atoms with Crippen molar-refractivity contribution in [2.75, 3.05) is 12.0 Å². The van der Waals surface area contributed by atoms with E-state index in [4.69, 9.17) is 0 Å². The third kappa shape index (κ3) is 6.99. The Labute approximate surface area is 80.9 Å². The summed E-state index contributed by atoms with van der Waals surface area (Å²) in [5.41, 5.74) is 0.309. The molecule has 2 heteroatoms. The predicted octanol–water partition coefficient (Wildman–Crippen LogP) is 2.93. The molecule has 0 radical (unpaired) electrons. The fraction of sp³-hybridized carbons (Fsp3) is 1.00. The van der Waals surface area contributed by atoms with Crippen molar-refractivity contribution in [3.63, 3.8) is 0 Å². The van der Waals surface area contributed by atoms with Crippen molar-refractivity contribution >= 4 is 11.8 Å². The van der Waals surface area contributed by atoms with Crippen molar-refractivity contribution in [1.82, 2.24) is 0 Å².